The fraction of sp³-hybridized carbons (Fsp3) is 0.364. The van der Waals surface area contributed by atoms with Crippen LogP contribution in [0.15, 0.2) is 24.3 Å². The normalized spacial score (nSPS) is 9.67. The van der Waals surface area contributed by atoms with Gasteiger partial charge >= 0.3 is 22.6 Å². The number of unbranched alkanes of at least 4 members (excludes halogenated alkanes) is 1. The molecule has 0 aliphatic carbocycles. The van der Waals surface area contributed by atoms with E-state index in [1.54, 1.807) is 18.2 Å². The summed E-state index contributed by atoms with van der Waals surface area (Å²) in [6, 6.07) is 7.00. The molecular formula is C11H13AlO3. The number of hydrogen-bond donors (Lipinski definition) is 0. The largest absolute Gasteiger partial charge is 0.653 e. The molecule has 1 rings (SSSR count). The van der Waals surface area contributed by atoms with Gasteiger partial charge in [0.2, 0.25) is 0 Å². The predicted octanol–water partition coefficient (Wildman–Crippen LogP) is 2.11. The lowest BCUT2D eigenvalue weighted by atomic mass is 10.2. The molecule has 0 aliphatic heterocycles. The Morgan fingerprint density at radius 3 is 2.80 bits per heavy atom. The Bertz CT molecular complexity index is 325. The summed E-state index contributed by atoms with van der Waals surface area (Å²) < 4.78 is 10.1. The molecule has 0 amide bonds. The third-order valence-corrected chi connectivity index (χ3v) is 2.22. The van der Waals surface area contributed by atoms with E-state index < -0.39 is 0 Å². The van der Waals surface area contributed by atoms with Crippen LogP contribution in [0.5, 0.6) is 5.75 Å². The van der Waals surface area contributed by atoms with Crippen molar-refractivity contribution in [1.82, 2.24) is 0 Å². The standard InChI is InChI=1S/C11H14O3.Al/c1-2-3-8-14-11(13)9-6-4-5-7-10(9)12;/h4-7,12H,2-3,8H2,1H3;/q;+1/p-1. The van der Waals surface area contributed by atoms with Crippen LogP contribution in [0.2, 0.25) is 0 Å². The summed E-state index contributed by atoms with van der Waals surface area (Å²) in [5.74, 6) is 0.186. The average Bonchev–Trinajstić information content (AvgIpc) is 2.29. The van der Waals surface area contributed by atoms with Gasteiger partial charge in [0.15, 0.2) is 0 Å². The summed E-state index contributed by atoms with van der Waals surface area (Å²) in [7, 11) is 0. The van der Waals surface area contributed by atoms with Crippen molar-refractivity contribution in [3.8, 4) is 5.75 Å². The summed E-state index contributed by atoms with van der Waals surface area (Å²) in [5, 5.41) is 0. The highest BCUT2D eigenvalue weighted by atomic mass is 27.1. The summed E-state index contributed by atoms with van der Waals surface area (Å²) in [6.07, 6.45) is 1.89. The molecule has 1 aromatic rings. The Morgan fingerprint density at radius 2 is 2.13 bits per heavy atom. The quantitative estimate of drug-likeness (QED) is 0.433. The van der Waals surface area contributed by atoms with Crippen LogP contribution in [-0.4, -0.2) is 29.2 Å². The average molecular weight is 220 g/mol. The first-order valence-electron chi connectivity index (χ1n) is 4.92. The topological polar surface area (TPSA) is 35.5 Å². The number of benzene rings is 1. The highest BCUT2D eigenvalue weighted by Crippen LogP contribution is 2.17. The second-order valence-corrected chi connectivity index (χ2v) is 3.34. The SMILES string of the molecule is CCCCOC(=O)c1ccccc1[O][Al]. The lowest BCUT2D eigenvalue weighted by Crippen LogP contribution is -2.08. The van der Waals surface area contributed by atoms with E-state index in [2.05, 4.69) is 16.6 Å². The minimum Gasteiger partial charge on any atom is -0.653 e. The molecule has 0 aromatic heterocycles. The van der Waals surface area contributed by atoms with Gasteiger partial charge in [0.25, 0.3) is 0 Å². The van der Waals surface area contributed by atoms with Crippen molar-refractivity contribution in [2.75, 3.05) is 6.61 Å². The third-order valence-electron chi connectivity index (χ3n) is 1.96. The van der Waals surface area contributed by atoms with Crippen LogP contribution in [-0.2, 0) is 4.74 Å². The van der Waals surface area contributed by atoms with E-state index in [4.69, 9.17) is 8.53 Å². The van der Waals surface area contributed by atoms with Gasteiger partial charge in [-0.2, -0.15) is 0 Å². The van der Waals surface area contributed by atoms with Crippen LogP contribution < -0.4 is 3.79 Å². The zero-order valence-corrected chi connectivity index (χ0v) is 9.89. The van der Waals surface area contributed by atoms with E-state index in [-0.39, 0.29) is 5.97 Å². The molecule has 15 heavy (non-hydrogen) atoms. The number of esters is 1. The van der Waals surface area contributed by atoms with Gasteiger partial charge in [-0.3, -0.25) is 0 Å². The second-order valence-electron chi connectivity index (χ2n) is 3.10. The van der Waals surface area contributed by atoms with Gasteiger partial charge in [0.05, 0.1) is 17.9 Å². The van der Waals surface area contributed by atoms with Crippen LogP contribution in [0, 0.1) is 0 Å². The lowest BCUT2D eigenvalue weighted by molar-refractivity contribution is 0.0498. The smallest absolute Gasteiger partial charge is 0.482 e. The van der Waals surface area contributed by atoms with Crippen molar-refractivity contribution in [2.45, 2.75) is 19.8 Å². The van der Waals surface area contributed by atoms with E-state index >= 15 is 0 Å². The van der Waals surface area contributed by atoms with E-state index in [0.717, 1.165) is 12.8 Å². The van der Waals surface area contributed by atoms with Gasteiger partial charge < -0.3 is 8.53 Å². The van der Waals surface area contributed by atoms with Crippen LogP contribution in [0.3, 0.4) is 0 Å². The van der Waals surface area contributed by atoms with E-state index in [9.17, 15) is 4.79 Å². The third kappa shape index (κ3) is 3.58. The summed E-state index contributed by atoms with van der Waals surface area (Å²) in [4.78, 5) is 11.6. The van der Waals surface area contributed by atoms with Crippen molar-refractivity contribution >= 4 is 22.6 Å². The number of hydrogen-bond acceptors (Lipinski definition) is 3. The molecule has 0 unspecified atom stereocenters. The lowest BCUT2D eigenvalue weighted by Gasteiger charge is -2.09. The number of ether oxygens (including phenoxy) is 1. The first-order valence-corrected chi connectivity index (χ1v) is 5.39. The van der Waals surface area contributed by atoms with Crippen LogP contribution in [0.25, 0.3) is 0 Å². The van der Waals surface area contributed by atoms with E-state index in [0.29, 0.717) is 17.9 Å². The molecule has 0 bridgehead atoms. The molecule has 0 saturated carbocycles. The van der Waals surface area contributed by atoms with Gasteiger partial charge in [-0.25, -0.2) is 4.79 Å². The maximum Gasteiger partial charge on any atom is 0.482 e. The number of carbonyl (C=O) groups is 1. The van der Waals surface area contributed by atoms with Gasteiger partial charge in [0, 0.05) is 0 Å². The van der Waals surface area contributed by atoms with Crippen molar-refractivity contribution in [3.63, 3.8) is 0 Å². The maximum absolute atomic E-state index is 11.6. The zero-order chi connectivity index (χ0) is 11.1. The summed E-state index contributed by atoms with van der Waals surface area (Å²) >= 11 is 2.12. The highest BCUT2D eigenvalue weighted by Gasteiger charge is 2.11. The van der Waals surface area contributed by atoms with Crippen LogP contribution >= 0.6 is 0 Å². The molecule has 0 heterocycles. The Kier molecular flexibility index (Phi) is 5.24. The molecule has 0 atom stereocenters. The summed E-state index contributed by atoms with van der Waals surface area (Å²) in [6.45, 7) is 2.51. The zero-order valence-electron chi connectivity index (χ0n) is 8.73. The minimum absolute atomic E-state index is 0.332. The van der Waals surface area contributed by atoms with Gasteiger partial charge in [0.1, 0.15) is 0 Å². The van der Waals surface area contributed by atoms with Crippen molar-refractivity contribution in [1.29, 1.82) is 0 Å². The van der Waals surface area contributed by atoms with Crippen molar-refractivity contribution in [3.05, 3.63) is 29.8 Å². The Balaban J connectivity index is 2.64. The van der Waals surface area contributed by atoms with E-state index in [1.807, 2.05) is 13.0 Å². The molecule has 1 aromatic carbocycles. The first kappa shape index (κ1) is 12.1. The first-order chi connectivity index (χ1) is 7.29. The molecular weight excluding hydrogens is 207 g/mol. The number of rotatable bonds is 5. The van der Waals surface area contributed by atoms with Crippen molar-refractivity contribution < 1.29 is 13.3 Å². The molecule has 3 nitrogen and oxygen atoms in total. The molecule has 78 valence electrons. The second kappa shape index (κ2) is 6.50. The summed E-state index contributed by atoms with van der Waals surface area (Å²) in [5.41, 5.74) is 0.462. The van der Waals surface area contributed by atoms with Gasteiger partial charge in [-0.1, -0.05) is 25.5 Å². The van der Waals surface area contributed by atoms with Gasteiger partial charge in [-0.05, 0) is 18.6 Å². The maximum atomic E-state index is 11.6. The fourth-order valence-corrected chi connectivity index (χ4v) is 1.33. The number of carbonyl (C=O) groups excluding carboxylic acids is 1. The molecule has 0 saturated heterocycles. The molecule has 0 N–H and O–H groups in total. The Hall–Kier alpha value is -0.978. The Labute approximate surface area is 98.1 Å². The molecule has 2 radical (unpaired) electrons. The van der Waals surface area contributed by atoms with Gasteiger partial charge in [-0.15, -0.1) is 0 Å². The van der Waals surface area contributed by atoms with E-state index in [1.165, 1.54) is 0 Å². The highest BCUT2D eigenvalue weighted by molar-refractivity contribution is 6.02. The van der Waals surface area contributed by atoms with Crippen LogP contribution in [0.1, 0.15) is 30.1 Å². The molecule has 0 spiro atoms. The Morgan fingerprint density at radius 1 is 1.40 bits per heavy atom. The fourth-order valence-electron chi connectivity index (χ4n) is 1.13. The predicted molar refractivity (Wildman–Crippen MR) is 58.0 cm³/mol. The van der Waals surface area contributed by atoms with Crippen LogP contribution in [0.4, 0.5) is 0 Å². The molecule has 4 heteroatoms. The number of para-hydroxylation sites is 1. The molecule has 0 aliphatic rings. The van der Waals surface area contributed by atoms with Crippen molar-refractivity contribution in [2.24, 2.45) is 0 Å². The minimum atomic E-state index is -0.332. The molecule has 0 fully saturated rings. The monoisotopic (exact) mass is 220 g/mol.